The quantitative estimate of drug-likeness (QED) is 0.153. The summed E-state index contributed by atoms with van der Waals surface area (Å²) in [6, 6.07) is 85.2. The summed E-state index contributed by atoms with van der Waals surface area (Å²) in [6.07, 6.45) is 0. The molecule has 3 nitrogen and oxygen atoms in total. The molecule has 0 saturated heterocycles. The first-order valence-corrected chi connectivity index (χ1v) is 20.2. The molecule has 11 aromatic rings. The highest BCUT2D eigenvalue weighted by molar-refractivity contribution is 6.13. The van der Waals surface area contributed by atoms with E-state index in [1.165, 1.54) is 54.5 Å². The zero-order valence-electron chi connectivity index (χ0n) is 32.4. The Hall–Kier alpha value is -7.88. The van der Waals surface area contributed by atoms with Crippen LogP contribution in [0.5, 0.6) is 0 Å². The van der Waals surface area contributed by atoms with Crippen molar-refractivity contribution in [3.63, 3.8) is 0 Å². The summed E-state index contributed by atoms with van der Waals surface area (Å²) < 4.78 is 2.40. The molecule has 1 aromatic heterocycles. The molecule has 0 atom stereocenters. The summed E-state index contributed by atoms with van der Waals surface area (Å²) in [6.45, 7) is 0. The van der Waals surface area contributed by atoms with Crippen LogP contribution in [0.1, 0.15) is 0 Å². The predicted octanol–water partition coefficient (Wildman–Crippen LogP) is 15.7. The van der Waals surface area contributed by atoms with Gasteiger partial charge in [0.05, 0.1) is 16.7 Å². The van der Waals surface area contributed by atoms with Crippen LogP contribution in [0.3, 0.4) is 0 Å². The SMILES string of the molecule is c1ccc(N(c2ccccc2)c2ccc(N(c3ccc(-c4ccc(-n5c6ccccc6c6cc7ccccc7cc65)cc4)cc3)c3cccc4ccccc34)cc2)cc1. The minimum atomic E-state index is 1.09. The molecule has 0 saturated carbocycles. The van der Waals surface area contributed by atoms with E-state index < -0.39 is 0 Å². The number of anilines is 6. The zero-order chi connectivity index (χ0) is 39.1. The lowest BCUT2D eigenvalue weighted by Crippen LogP contribution is -2.12. The van der Waals surface area contributed by atoms with Crippen LogP contribution in [-0.4, -0.2) is 4.57 Å². The van der Waals surface area contributed by atoms with E-state index in [0.717, 1.165) is 39.8 Å². The van der Waals surface area contributed by atoms with Crippen molar-refractivity contribution < 1.29 is 0 Å². The predicted molar refractivity (Wildman–Crippen MR) is 251 cm³/mol. The lowest BCUT2D eigenvalue weighted by Gasteiger charge is -2.29. The topological polar surface area (TPSA) is 11.4 Å². The van der Waals surface area contributed by atoms with Gasteiger partial charge >= 0.3 is 0 Å². The molecule has 0 unspecified atom stereocenters. The molecule has 10 aromatic carbocycles. The smallest absolute Gasteiger partial charge is 0.0547 e. The number of benzene rings is 10. The second-order valence-electron chi connectivity index (χ2n) is 15.0. The van der Waals surface area contributed by atoms with Crippen LogP contribution in [0.4, 0.5) is 34.1 Å². The molecule has 0 aliphatic heterocycles. The van der Waals surface area contributed by atoms with Gasteiger partial charge in [-0.3, -0.25) is 0 Å². The molecule has 0 N–H and O–H groups in total. The van der Waals surface area contributed by atoms with Crippen molar-refractivity contribution in [2.75, 3.05) is 9.80 Å². The standard InChI is InChI=1S/C56H39N3/c1-3-18-45(19-4-1)57(46-20-5-2-6-21-46)47-34-36-49(37-35-47)58(54-25-13-17-42-14-9-10-22-51(42)54)48-30-26-40(27-31-48)41-28-32-50(33-29-41)59-55-24-12-11-23-52(55)53-38-43-15-7-8-16-44(43)39-56(53)59/h1-39H. The van der Waals surface area contributed by atoms with Gasteiger partial charge < -0.3 is 14.4 Å². The van der Waals surface area contributed by atoms with Gasteiger partial charge in [-0.2, -0.15) is 0 Å². The van der Waals surface area contributed by atoms with E-state index in [0.29, 0.717) is 0 Å². The Balaban J connectivity index is 0.964. The van der Waals surface area contributed by atoms with Crippen LogP contribution < -0.4 is 9.80 Å². The first-order chi connectivity index (χ1) is 29.3. The highest BCUT2D eigenvalue weighted by Crippen LogP contribution is 2.42. The van der Waals surface area contributed by atoms with Crippen molar-refractivity contribution in [1.29, 1.82) is 0 Å². The van der Waals surface area contributed by atoms with Crippen molar-refractivity contribution >= 4 is 77.5 Å². The van der Waals surface area contributed by atoms with E-state index >= 15 is 0 Å². The van der Waals surface area contributed by atoms with Crippen molar-refractivity contribution in [3.05, 3.63) is 237 Å². The first kappa shape index (κ1) is 34.4. The highest BCUT2D eigenvalue weighted by Gasteiger charge is 2.18. The van der Waals surface area contributed by atoms with Crippen LogP contribution >= 0.6 is 0 Å². The Bertz CT molecular complexity index is 3200. The third-order valence-corrected chi connectivity index (χ3v) is 11.5. The summed E-state index contributed by atoms with van der Waals surface area (Å²) in [4.78, 5) is 4.68. The summed E-state index contributed by atoms with van der Waals surface area (Å²) in [5.74, 6) is 0. The van der Waals surface area contributed by atoms with Gasteiger partial charge in [0.1, 0.15) is 0 Å². The van der Waals surface area contributed by atoms with Gasteiger partial charge in [0.25, 0.3) is 0 Å². The van der Waals surface area contributed by atoms with Gasteiger partial charge in [-0.25, -0.2) is 0 Å². The zero-order valence-corrected chi connectivity index (χ0v) is 32.4. The number of aromatic nitrogens is 1. The summed E-state index contributed by atoms with van der Waals surface area (Å²) >= 11 is 0. The fourth-order valence-corrected chi connectivity index (χ4v) is 8.72. The molecule has 1 heterocycles. The molecule has 59 heavy (non-hydrogen) atoms. The lowest BCUT2D eigenvalue weighted by atomic mass is 10.0. The van der Waals surface area contributed by atoms with E-state index in [4.69, 9.17) is 0 Å². The Kier molecular flexibility index (Phi) is 8.49. The van der Waals surface area contributed by atoms with Crippen molar-refractivity contribution in [2.24, 2.45) is 0 Å². The number of hydrogen-bond donors (Lipinski definition) is 0. The Morgan fingerprint density at radius 3 is 1.37 bits per heavy atom. The second-order valence-corrected chi connectivity index (χ2v) is 15.0. The van der Waals surface area contributed by atoms with Crippen molar-refractivity contribution in [3.8, 4) is 16.8 Å². The Labute approximate surface area is 343 Å². The summed E-state index contributed by atoms with van der Waals surface area (Å²) in [7, 11) is 0. The van der Waals surface area contributed by atoms with Crippen LogP contribution in [0.15, 0.2) is 237 Å². The molecule has 0 spiro atoms. The van der Waals surface area contributed by atoms with Gasteiger partial charge in [0.2, 0.25) is 0 Å². The van der Waals surface area contributed by atoms with Crippen LogP contribution in [-0.2, 0) is 0 Å². The fraction of sp³-hybridized carbons (Fsp3) is 0. The fourth-order valence-electron chi connectivity index (χ4n) is 8.72. The van der Waals surface area contributed by atoms with Crippen molar-refractivity contribution in [2.45, 2.75) is 0 Å². The largest absolute Gasteiger partial charge is 0.311 e. The molecule has 11 rings (SSSR count). The average molecular weight is 754 g/mol. The molecule has 0 aliphatic rings. The molecule has 278 valence electrons. The molecule has 0 radical (unpaired) electrons. The normalized spacial score (nSPS) is 11.4. The highest BCUT2D eigenvalue weighted by atomic mass is 15.2. The minimum absolute atomic E-state index is 1.09. The maximum absolute atomic E-state index is 2.40. The Morgan fingerprint density at radius 2 is 0.729 bits per heavy atom. The lowest BCUT2D eigenvalue weighted by molar-refractivity contribution is 1.18. The maximum atomic E-state index is 2.40. The van der Waals surface area contributed by atoms with Gasteiger partial charge in [0, 0.05) is 50.3 Å². The number of para-hydroxylation sites is 3. The molecular formula is C56H39N3. The van der Waals surface area contributed by atoms with Gasteiger partial charge in [-0.1, -0.05) is 140 Å². The van der Waals surface area contributed by atoms with E-state index in [1.807, 2.05) is 0 Å². The van der Waals surface area contributed by atoms with E-state index in [1.54, 1.807) is 0 Å². The third kappa shape index (κ3) is 6.17. The summed E-state index contributed by atoms with van der Waals surface area (Å²) in [5.41, 5.74) is 12.6. The van der Waals surface area contributed by atoms with Gasteiger partial charge in [0.15, 0.2) is 0 Å². The number of hydrogen-bond acceptors (Lipinski definition) is 2. The van der Waals surface area contributed by atoms with E-state index in [-0.39, 0.29) is 0 Å². The van der Waals surface area contributed by atoms with Gasteiger partial charge in [-0.15, -0.1) is 0 Å². The maximum Gasteiger partial charge on any atom is 0.0547 e. The first-order valence-electron chi connectivity index (χ1n) is 20.2. The average Bonchev–Trinajstić information content (AvgIpc) is 3.63. The monoisotopic (exact) mass is 753 g/mol. The molecule has 3 heteroatoms. The second kappa shape index (κ2) is 14.6. The molecule has 0 bridgehead atoms. The number of nitrogens with zero attached hydrogens (tertiary/aromatic N) is 3. The molecular weight excluding hydrogens is 715 g/mol. The molecule has 0 fully saturated rings. The summed E-state index contributed by atoms with van der Waals surface area (Å²) in [5, 5.41) is 7.45. The minimum Gasteiger partial charge on any atom is -0.311 e. The van der Waals surface area contributed by atoms with Gasteiger partial charge in [-0.05, 0) is 124 Å². The third-order valence-electron chi connectivity index (χ3n) is 11.5. The Morgan fingerprint density at radius 1 is 0.271 bits per heavy atom. The van der Waals surface area contributed by atoms with Crippen molar-refractivity contribution in [1.82, 2.24) is 4.57 Å². The van der Waals surface area contributed by atoms with E-state index in [2.05, 4.69) is 251 Å². The molecule has 0 aliphatic carbocycles. The number of rotatable bonds is 8. The van der Waals surface area contributed by atoms with Crippen LogP contribution in [0.2, 0.25) is 0 Å². The van der Waals surface area contributed by atoms with Crippen LogP contribution in [0, 0.1) is 0 Å². The van der Waals surface area contributed by atoms with Crippen LogP contribution in [0.25, 0.3) is 60.2 Å². The van der Waals surface area contributed by atoms with E-state index in [9.17, 15) is 0 Å². The molecule has 0 amide bonds. The number of fused-ring (bicyclic) bond motifs is 5.